The van der Waals surface area contributed by atoms with Crippen LogP contribution < -0.4 is 16.6 Å². The molecule has 4 rings (SSSR count). The number of aliphatic hydroxyl groups is 1. The predicted octanol–water partition coefficient (Wildman–Crippen LogP) is -1.51. The van der Waals surface area contributed by atoms with Crippen LogP contribution in [0.25, 0.3) is 11.2 Å². The summed E-state index contributed by atoms with van der Waals surface area (Å²) in [6, 6.07) is 0. The molecular formula is C10H13N7O2. The highest BCUT2D eigenvalue weighted by Crippen LogP contribution is 2.33. The van der Waals surface area contributed by atoms with Crippen molar-refractivity contribution in [2.75, 3.05) is 5.73 Å². The quantitative estimate of drug-likeness (QED) is 0.479. The summed E-state index contributed by atoms with van der Waals surface area (Å²) in [5.74, 6) is 0.318. The zero-order chi connectivity index (χ0) is 13.0. The second-order valence-corrected chi connectivity index (χ2v) is 4.72. The summed E-state index contributed by atoms with van der Waals surface area (Å²) in [5, 5.41) is 10.1. The van der Waals surface area contributed by atoms with Crippen molar-refractivity contribution in [3.8, 4) is 0 Å². The molecule has 2 aromatic heterocycles. The minimum atomic E-state index is -0.609. The van der Waals surface area contributed by atoms with Crippen molar-refractivity contribution in [1.29, 1.82) is 0 Å². The van der Waals surface area contributed by atoms with Crippen LogP contribution in [0.3, 0.4) is 0 Å². The highest BCUT2D eigenvalue weighted by Gasteiger charge is 2.43. The second kappa shape index (κ2) is 3.84. The standard InChI is InChI=1S/C10H13N7O2/c11-7-6-9(13-2-12-7)17(3-14-6)10-4(18)1-5(19-10)8-15-16-8/h2-5,8,10,15-16,18H,1H2,(H2,11,12,13)/t4?,5-,10?/m0/s1. The van der Waals surface area contributed by atoms with Crippen LogP contribution in [0.2, 0.25) is 0 Å². The Morgan fingerprint density at radius 3 is 3.00 bits per heavy atom. The molecule has 9 heteroatoms. The number of aromatic nitrogens is 4. The number of hydrazine groups is 1. The van der Waals surface area contributed by atoms with Crippen molar-refractivity contribution >= 4 is 17.0 Å². The van der Waals surface area contributed by atoms with Gasteiger partial charge in [-0.25, -0.2) is 25.8 Å². The topological polar surface area (TPSA) is 143 Å². The fourth-order valence-corrected chi connectivity index (χ4v) is 2.44. The molecule has 2 fully saturated rings. The van der Waals surface area contributed by atoms with E-state index >= 15 is 0 Å². The van der Waals surface area contributed by atoms with Crippen molar-refractivity contribution < 1.29 is 9.84 Å². The number of nitrogens with zero attached hydrogens (tertiary/aromatic N) is 4. The van der Waals surface area contributed by atoms with Crippen LogP contribution in [-0.2, 0) is 4.74 Å². The molecule has 9 nitrogen and oxygen atoms in total. The van der Waals surface area contributed by atoms with E-state index in [4.69, 9.17) is 10.5 Å². The maximum atomic E-state index is 10.1. The Morgan fingerprint density at radius 2 is 2.21 bits per heavy atom. The number of nitrogen functional groups attached to an aromatic ring is 1. The highest BCUT2D eigenvalue weighted by atomic mass is 16.5. The zero-order valence-corrected chi connectivity index (χ0v) is 9.89. The van der Waals surface area contributed by atoms with Gasteiger partial charge in [0.2, 0.25) is 0 Å². The van der Waals surface area contributed by atoms with Gasteiger partial charge in [-0.3, -0.25) is 4.57 Å². The molecule has 2 aromatic rings. The Kier molecular flexibility index (Phi) is 2.23. The van der Waals surface area contributed by atoms with E-state index < -0.39 is 12.3 Å². The Morgan fingerprint density at radius 1 is 1.37 bits per heavy atom. The fraction of sp³-hybridized carbons (Fsp3) is 0.500. The van der Waals surface area contributed by atoms with Crippen molar-refractivity contribution in [1.82, 2.24) is 30.4 Å². The van der Waals surface area contributed by atoms with Gasteiger partial charge in [0.25, 0.3) is 0 Å². The number of imidazole rings is 1. The van der Waals surface area contributed by atoms with Gasteiger partial charge in [0, 0.05) is 6.42 Å². The summed E-state index contributed by atoms with van der Waals surface area (Å²) in [7, 11) is 0. The van der Waals surface area contributed by atoms with Gasteiger partial charge in [-0.05, 0) is 0 Å². The van der Waals surface area contributed by atoms with Gasteiger partial charge in [0.1, 0.15) is 24.1 Å². The highest BCUT2D eigenvalue weighted by molar-refractivity contribution is 5.81. The van der Waals surface area contributed by atoms with Gasteiger partial charge in [0.05, 0.1) is 12.4 Å². The number of ether oxygens (including phenoxy) is 1. The number of aliphatic hydroxyl groups excluding tert-OH is 1. The molecule has 0 radical (unpaired) electrons. The Balaban J connectivity index is 1.72. The first-order chi connectivity index (χ1) is 9.24. The van der Waals surface area contributed by atoms with Crippen LogP contribution in [0, 0.1) is 0 Å². The summed E-state index contributed by atoms with van der Waals surface area (Å²) in [5.41, 5.74) is 12.7. The van der Waals surface area contributed by atoms with E-state index in [0.717, 1.165) is 0 Å². The number of fused-ring (bicyclic) bond motifs is 1. The minimum Gasteiger partial charge on any atom is -0.388 e. The lowest BCUT2D eigenvalue weighted by molar-refractivity contribution is -0.0355. The summed E-state index contributed by atoms with van der Waals surface area (Å²) < 4.78 is 7.53. The molecule has 0 saturated carbocycles. The maximum Gasteiger partial charge on any atom is 0.167 e. The predicted molar refractivity (Wildman–Crippen MR) is 64.3 cm³/mol. The molecule has 0 spiro atoms. The third-order valence-electron chi connectivity index (χ3n) is 3.46. The van der Waals surface area contributed by atoms with Crippen LogP contribution in [0.5, 0.6) is 0 Å². The first-order valence-electron chi connectivity index (χ1n) is 6.01. The van der Waals surface area contributed by atoms with E-state index in [0.29, 0.717) is 23.4 Å². The van der Waals surface area contributed by atoms with Gasteiger partial charge >= 0.3 is 0 Å². The lowest BCUT2D eigenvalue weighted by atomic mass is 10.2. The Hall–Kier alpha value is -1.81. The molecule has 2 unspecified atom stereocenters. The lowest BCUT2D eigenvalue weighted by Crippen LogP contribution is -2.20. The van der Waals surface area contributed by atoms with Crippen molar-refractivity contribution in [3.63, 3.8) is 0 Å². The molecule has 5 N–H and O–H groups in total. The second-order valence-electron chi connectivity index (χ2n) is 4.72. The van der Waals surface area contributed by atoms with Gasteiger partial charge in [-0.1, -0.05) is 0 Å². The summed E-state index contributed by atoms with van der Waals surface area (Å²) in [6.45, 7) is 0. The molecular weight excluding hydrogens is 250 g/mol. The van der Waals surface area contributed by atoms with Crippen LogP contribution in [0.1, 0.15) is 12.6 Å². The maximum absolute atomic E-state index is 10.1. The van der Waals surface area contributed by atoms with Crippen molar-refractivity contribution in [2.24, 2.45) is 0 Å². The van der Waals surface area contributed by atoms with Crippen molar-refractivity contribution in [3.05, 3.63) is 12.7 Å². The van der Waals surface area contributed by atoms with E-state index in [-0.39, 0.29) is 12.3 Å². The van der Waals surface area contributed by atoms with Crippen molar-refractivity contribution in [2.45, 2.75) is 31.0 Å². The molecule has 2 saturated heterocycles. The molecule has 2 aliphatic rings. The molecule has 0 amide bonds. The number of anilines is 1. The smallest absolute Gasteiger partial charge is 0.167 e. The van der Waals surface area contributed by atoms with Crippen LogP contribution in [0.15, 0.2) is 12.7 Å². The van der Waals surface area contributed by atoms with E-state index in [9.17, 15) is 5.11 Å². The molecule has 19 heavy (non-hydrogen) atoms. The average Bonchev–Trinajstić information content (AvgIpc) is 3.04. The molecule has 0 bridgehead atoms. The fourth-order valence-electron chi connectivity index (χ4n) is 2.44. The largest absolute Gasteiger partial charge is 0.388 e. The first-order valence-corrected chi connectivity index (χ1v) is 6.01. The molecule has 0 aromatic carbocycles. The monoisotopic (exact) mass is 263 g/mol. The summed E-state index contributed by atoms with van der Waals surface area (Å²) >= 11 is 0. The molecule has 0 aliphatic carbocycles. The van der Waals surface area contributed by atoms with Gasteiger partial charge < -0.3 is 15.6 Å². The van der Waals surface area contributed by atoms with E-state index in [1.165, 1.54) is 6.33 Å². The normalized spacial score (nSPS) is 31.1. The lowest BCUT2D eigenvalue weighted by Gasteiger charge is -2.16. The van der Waals surface area contributed by atoms with E-state index in [1.807, 2.05) is 0 Å². The Bertz CT molecular complexity index is 625. The number of nitrogens with two attached hydrogens (primary N) is 1. The van der Waals surface area contributed by atoms with E-state index in [1.54, 1.807) is 10.9 Å². The van der Waals surface area contributed by atoms with Gasteiger partial charge in [-0.15, -0.1) is 0 Å². The first kappa shape index (κ1) is 11.1. The third kappa shape index (κ3) is 1.67. The Labute approximate surface area is 107 Å². The minimum absolute atomic E-state index is 0.0726. The van der Waals surface area contributed by atoms with Crippen LogP contribution >= 0.6 is 0 Å². The third-order valence-corrected chi connectivity index (χ3v) is 3.46. The molecule has 2 aliphatic heterocycles. The molecule has 4 heterocycles. The van der Waals surface area contributed by atoms with Gasteiger partial charge in [-0.2, -0.15) is 0 Å². The summed E-state index contributed by atoms with van der Waals surface area (Å²) in [4.78, 5) is 12.2. The average molecular weight is 263 g/mol. The summed E-state index contributed by atoms with van der Waals surface area (Å²) in [6.07, 6.45) is 2.41. The zero-order valence-electron chi connectivity index (χ0n) is 9.89. The molecule has 100 valence electrons. The number of nitrogens with one attached hydrogen (secondary N) is 2. The SMILES string of the molecule is Nc1ncnc2c1ncn2C1O[C@H](C2NN2)CC1O. The van der Waals surface area contributed by atoms with Gasteiger partial charge in [0.15, 0.2) is 17.7 Å². The van der Waals surface area contributed by atoms with Crippen LogP contribution in [-0.4, -0.2) is 43.0 Å². The molecule has 3 atom stereocenters. The number of hydrogen-bond acceptors (Lipinski definition) is 8. The van der Waals surface area contributed by atoms with Crippen LogP contribution in [0.4, 0.5) is 5.82 Å². The van der Waals surface area contributed by atoms with E-state index in [2.05, 4.69) is 25.8 Å². The number of hydrogen-bond donors (Lipinski definition) is 4. The number of rotatable bonds is 2.